The topological polar surface area (TPSA) is 66.3 Å². The Bertz CT molecular complexity index is 1410. The molecule has 1 amide bonds. The van der Waals surface area contributed by atoms with Gasteiger partial charge in [0.05, 0.1) is 24.1 Å². The van der Waals surface area contributed by atoms with Gasteiger partial charge >= 0.3 is 0 Å². The van der Waals surface area contributed by atoms with Crippen LogP contribution in [0.25, 0.3) is 0 Å². The third kappa shape index (κ3) is 6.00. The van der Waals surface area contributed by atoms with Crippen molar-refractivity contribution in [2.24, 2.45) is 0 Å². The lowest BCUT2D eigenvalue weighted by Crippen LogP contribution is -2.58. The Morgan fingerprint density at radius 3 is 2.80 bits per heavy atom. The average Bonchev–Trinajstić information content (AvgIpc) is 3.45. The molecule has 3 heterocycles. The van der Waals surface area contributed by atoms with Crippen molar-refractivity contribution in [3.63, 3.8) is 0 Å². The fourth-order valence-electron chi connectivity index (χ4n) is 5.90. The highest BCUT2D eigenvalue weighted by Gasteiger charge is 2.36. The van der Waals surface area contributed by atoms with E-state index in [1.807, 2.05) is 46.1 Å². The van der Waals surface area contributed by atoms with Crippen molar-refractivity contribution < 1.29 is 4.79 Å². The molecule has 0 saturated carbocycles. The summed E-state index contributed by atoms with van der Waals surface area (Å²) in [6.45, 7) is 4.00. The molecule has 2 atom stereocenters. The largest absolute Gasteiger partial charge is 0.336 e. The monoisotopic (exact) mass is 618 g/mol. The maximum atomic E-state index is 14.1. The lowest BCUT2D eigenvalue weighted by Gasteiger charge is -2.40. The van der Waals surface area contributed by atoms with Crippen LogP contribution in [0, 0.1) is 0 Å². The summed E-state index contributed by atoms with van der Waals surface area (Å²) >= 11 is 10.0. The minimum atomic E-state index is -0.321. The van der Waals surface area contributed by atoms with E-state index >= 15 is 0 Å². The second kappa shape index (κ2) is 12.2. The zero-order chi connectivity index (χ0) is 27.5. The normalized spacial score (nSPS) is 18.9. The van der Waals surface area contributed by atoms with E-state index in [4.69, 9.17) is 16.6 Å². The highest BCUT2D eigenvalue weighted by Crippen LogP contribution is 2.38. The third-order valence-corrected chi connectivity index (χ3v) is 8.54. The highest BCUT2D eigenvalue weighted by atomic mass is 79.9. The Hall–Kier alpha value is -3.04. The Labute approximate surface area is 248 Å². The summed E-state index contributed by atoms with van der Waals surface area (Å²) in [6.07, 6.45) is 9.19. The quantitative estimate of drug-likeness (QED) is 0.319. The van der Waals surface area contributed by atoms with E-state index in [2.05, 4.69) is 61.5 Å². The van der Waals surface area contributed by atoms with Gasteiger partial charge in [-0.25, -0.2) is 4.98 Å². The summed E-state index contributed by atoms with van der Waals surface area (Å²) in [5.41, 5.74) is 5.90. The Morgan fingerprint density at radius 2 is 1.98 bits per heavy atom. The van der Waals surface area contributed by atoms with Crippen LogP contribution >= 0.6 is 27.5 Å². The van der Waals surface area contributed by atoms with Crippen LogP contribution in [0.2, 0.25) is 5.02 Å². The lowest BCUT2D eigenvalue weighted by atomic mass is 9.95. The predicted octanol–water partition coefficient (Wildman–Crippen LogP) is 4.88. The summed E-state index contributed by atoms with van der Waals surface area (Å²) in [5, 5.41) is 4.28. The molecule has 0 unspecified atom stereocenters. The molecular weight excluding hydrogens is 588 g/mol. The van der Waals surface area contributed by atoms with Gasteiger partial charge < -0.3 is 14.8 Å². The van der Waals surface area contributed by atoms with E-state index in [0.29, 0.717) is 26.2 Å². The number of carbonyl (C=O) groups excluding carboxylic acids is 1. The smallest absolute Gasteiger partial charge is 0.241 e. The van der Waals surface area contributed by atoms with Gasteiger partial charge in [-0.1, -0.05) is 48.0 Å². The Morgan fingerprint density at radius 1 is 1.12 bits per heavy atom. The van der Waals surface area contributed by atoms with Crippen LogP contribution in [0.4, 0.5) is 0 Å². The fourth-order valence-corrected chi connectivity index (χ4v) is 6.47. The molecule has 40 heavy (non-hydrogen) atoms. The number of hydrogen-bond donors (Lipinski definition) is 1. The lowest BCUT2D eigenvalue weighted by molar-refractivity contribution is -0.135. The Kier molecular flexibility index (Phi) is 8.30. The molecule has 2 aromatic heterocycles. The number of pyridine rings is 1. The number of halogens is 2. The maximum Gasteiger partial charge on any atom is 0.241 e. The molecule has 2 aromatic carbocycles. The van der Waals surface area contributed by atoms with Crippen LogP contribution in [-0.2, 0) is 30.7 Å². The van der Waals surface area contributed by atoms with E-state index in [9.17, 15) is 4.79 Å². The Balaban J connectivity index is 1.28. The molecule has 4 aromatic rings. The van der Waals surface area contributed by atoms with E-state index in [0.717, 1.165) is 46.7 Å². The van der Waals surface area contributed by atoms with Gasteiger partial charge in [0.25, 0.3) is 0 Å². The molecule has 2 aliphatic rings. The van der Waals surface area contributed by atoms with Crippen molar-refractivity contribution in [2.45, 2.75) is 38.0 Å². The summed E-state index contributed by atoms with van der Waals surface area (Å²) in [5.74, 6) is 0.114. The van der Waals surface area contributed by atoms with E-state index < -0.39 is 0 Å². The number of carbonyl (C=O) groups is 1. The van der Waals surface area contributed by atoms with Gasteiger partial charge in [0.1, 0.15) is 0 Å². The SMILES string of the molecule is O=C([C@H]1CN([C@@H]2c3ccc(Cl)cc3CCc3cc(Br)cnc32)CCN1)N(CCn1ccnc1)Cc1ccccc1. The number of rotatable bonds is 7. The number of aromatic nitrogens is 3. The minimum absolute atomic E-state index is 0.0382. The summed E-state index contributed by atoms with van der Waals surface area (Å²) in [7, 11) is 0. The first-order valence-corrected chi connectivity index (χ1v) is 14.9. The van der Waals surface area contributed by atoms with Gasteiger partial charge in [-0.3, -0.25) is 14.7 Å². The van der Waals surface area contributed by atoms with Crippen LogP contribution in [0.1, 0.15) is 34.0 Å². The van der Waals surface area contributed by atoms with Crippen LogP contribution < -0.4 is 5.32 Å². The first kappa shape index (κ1) is 27.1. The molecule has 9 heteroatoms. The number of imidazole rings is 1. The molecule has 7 nitrogen and oxygen atoms in total. The first-order chi connectivity index (χ1) is 19.5. The van der Waals surface area contributed by atoms with Crippen molar-refractivity contribution in [3.8, 4) is 0 Å². The molecule has 206 valence electrons. The van der Waals surface area contributed by atoms with Crippen molar-refractivity contribution in [1.29, 1.82) is 0 Å². The first-order valence-electron chi connectivity index (χ1n) is 13.7. The number of benzene rings is 2. The number of hydrogen-bond acceptors (Lipinski definition) is 5. The van der Waals surface area contributed by atoms with Crippen molar-refractivity contribution in [2.75, 3.05) is 26.2 Å². The minimum Gasteiger partial charge on any atom is -0.336 e. The molecular formula is C31H32BrClN6O. The fraction of sp³-hybridized carbons (Fsp3) is 0.323. The number of aryl methyl sites for hydroxylation is 2. The van der Waals surface area contributed by atoms with Crippen molar-refractivity contribution >= 4 is 33.4 Å². The molecule has 0 spiro atoms. The number of nitrogens with one attached hydrogen (secondary N) is 1. The van der Waals surface area contributed by atoms with Crippen LogP contribution in [0.15, 0.2) is 84.0 Å². The molecule has 0 radical (unpaired) electrons. The third-order valence-electron chi connectivity index (χ3n) is 7.88. The van der Waals surface area contributed by atoms with E-state index in [1.54, 1.807) is 12.5 Å². The van der Waals surface area contributed by atoms with Gasteiger partial charge in [-0.2, -0.15) is 0 Å². The number of nitrogens with zero attached hydrogens (tertiary/aromatic N) is 5. The molecule has 1 saturated heterocycles. The van der Waals surface area contributed by atoms with Crippen molar-refractivity contribution in [3.05, 3.63) is 117 Å². The van der Waals surface area contributed by atoms with E-state index in [1.165, 1.54) is 16.7 Å². The van der Waals surface area contributed by atoms with Gasteiger partial charge in [0.2, 0.25) is 5.91 Å². The van der Waals surface area contributed by atoms with Gasteiger partial charge in [0, 0.05) is 67.4 Å². The van der Waals surface area contributed by atoms with Crippen LogP contribution in [0.5, 0.6) is 0 Å². The van der Waals surface area contributed by atoms with Gasteiger partial charge in [0.15, 0.2) is 0 Å². The molecule has 1 aliphatic heterocycles. The highest BCUT2D eigenvalue weighted by molar-refractivity contribution is 9.10. The average molecular weight is 620 g/mol. The number of piperazine rings is 1. The zero-order valence-corrected chi connectivity index (χ0v) is 24.6. The maximum absolute atomic E-state index is 14.1. The second-order valence-electron chi connectivity index (χ2n) is 10.5. The summed E-state index contributed by atoms with van der Waals surface area (Å²) in [6, 6.07) is 18.2. The standard InChI is InChI=1S/C31H32BrClN6O/c32-25-16-24-7-6-23-17-26(33)8-9-27(23)30(29(24)36-18-25)38-13-11-35-28(20-38)31(40)39(15-14-37-12-10-34-21-37)19-22-4-2-1-3-5-22/h1-5,8-10,12,16-18,21,28,30,35H,6-7,11,13-15,19-20H2/t28-,30-/m1/s1. The predicted molar refractivity (Wildman–Crippen MR) is 160 cm³/mol. The second-order valence-corrected chi connectivity index (χ2v) is 11.8. The zero-order valence-electron chi connectivity index (χ0n) is 22.2. The van der Waals surface area contributed by atoms with Crippen LogP contribution in [0.3, 0.4) is 0 Å². The van der Waals surface area contributed by atoms with Crippen molar-refractivity contribution in [1.82, 2.24) is 29.7 Å². The van der Waals surface area contributed by atoms with Gasteiger partial charge in [-0.05, 0) is 69.2 Å². The number of amides is 1. The van der Waals surface area contributed by atoms with Crippen LogP contribution in [-0.4, -0.2) is 62.5 Å². The number of fused-ring (bicyclic) bond motifs is 2. The molecule has 1 fully saturated rings. The summed E-state index contributed by atoms with van der Waals surface area (Å²) < 4.78 is 3.00. The molecule has 1 N–H and O–H groups in total. The van der Waals surface area contributed by atoms with Gasteiger partial charge in [-0.15, -0.1) is 0 Å². The molecule has 0 bridgehead atoms. The molecule has 1 aliphatic carbocycles. The molecule has 6 rings (SSSR count). The summed E-state index contributed by atoms with van der Waals surface area (Å²) in [4.78, 5) is 27.6. The van der Waals surface area contributed by atoms with E-state index in [-0.39, 0.29) is 18.0 Å².